The molecule has 0 aromatic carbocycles. The number of aliphatic hydroxyl groups excluding tert-OH is 2. The van der Waals surface area contributed by atoms with Crippen molar-refractivity contribution in [2.45, 2.75) is 36.7 Å². The molecule has 25 heavy (non-hydrogen) atoms. The highest BCUT2D eigenvalue weighted by atomic mass is 32.2. The Morgan fingerprint density at radius 1 is 1.56 bits per heavy atom. The van der Waals surface area contributed by atoms with Crippen LogP contribution in [0.25, 0.3) is 11.2 Å². The SMILES string of the molecule is CC(C)C(=O)Nc1nc2c(ncn2[C@@H]2S[C@H](CO)[C@H](F)C2O)c(=O)[nH]1. The molecule has 0 saturated carbocycles. The summed E-state index contributed by atoms with van der Waals surface area (Å²) in [7, 11) is 0. The lowest BCUT2D eigenvalue weighted by molar-refractivity contribution is -0.118. The molecule has 1 aliphatic rings. The Labute approximate surface area is 145 Å². The van der Waals surface area contributed by atoms with E-state index in [9.17, 15) is 24.2 Å². The normalized spacial score (nSPS) is 26.5. The first-order chi connectivity index (χ1) is 11.8. The lowest BCUT2D eigenvalue weighted by atomic mass is 10.1. The Morgan fingerprint density at radius 2 is 2.28 bits per heavy atom. The van der Waals surface area contributed by atoms with Gasteiger partial charge in [-0.15, -0.1) is 11.8 Å². The van der Waals surface area contributed by atoms with Crippen LogP contribution in [-0.2, 0) is 4.79 Å². The second kappa shape index (κ2) is 6.73. The minimum absolute atomic E-state index is 0.0122. The monoisotopic (exact) mass is 371 g/mol. The summed E-state index contributed by atoms with van der Waals surface area (Å²) in [4.78, 5) is 34.5. The molecule has 1 amide bonds. The van der Waals surface area contributed by atoms with Gasteiger partial charge in [0.2, 0.25) is 11.9 Å². The number of aromatic nitrogens is 4. The molecule has 9 nitrogen and oxygen atoms in total. The molecule has 4 N–H and O–H groups in total. The van der Waals surface area contributed by atoms with Gasteiger partial charge in [-0.1, -0.05) is 13.8 Å². The topological polar surface area (TPSA) is 133 Å². The van der Waals surface area contributed by atoms with Gasteiger partial charge in [-0.2, -0.15) is 4.98 Å². The quantitative estimate of drug-likeness (QED) is 0.595. The van der Waals surface area contributed by atoms with Crippen molar-refractivity contribution in [2.75, 3.05) is 11.9 Å². The van der Waals surface area contributed by atoms with Crippen molar-refractivity contribution in [3.63, 3.8) is 0 Å². The molecule has 0 bridgehead atoms. The lowest BCUT2D eigenvalue weighted by Crippen LogP contribution is -2.29. The first-order valence-corrected chi connectivity index (χ1v) is 8.64. The molecule has 0 spiro atoms. The number of thioether (sulfide) groups is 1. The molecule has 0 radical (unpaired) electrons. The van der Waals surface area contributed by atoms with E-state index < -0.39 is 35.1 Å². The minimum atomic E-state index is -1.61. The number of aromatic amines is 1. The number of rotatable bonds is 4. The number of hydrogen-bond acceptors (Lipinski definition) is 7. The molecule has 136 valence electrons. The van der Waals surface area contributed by atoms with Gasteiger partial charge in [0.1, 0.15) is 17.6 Å². The van der Waals surface area contributed by atoms with Crippen molar-refractivity contribution in [2.24, 2.45) is 5.92 Å². The molecule has 0 aliphatic carbocycles. The number of imidazole rings is 1. The summed E-state index contributed by atoms with van der Waals surface area (Å²) in [6, 6.07) is 0. The van der Waals surface area contributed by atoms with Gasteiger partial charge < -0.3 is 10.2 Å². The Morgan fingerprint density at radius 3 is 2.88 bits per heavy atom. The smallest absolute Gasteiger partial charge is 0.280 e. The van der Waals surface area contributed by atoms with Gasteiger partial charge >= 0.3 is 0 Å². The third-order valence-electron chi connectivity index (χ3n) is 3.94. The first-order valence-electron chi connectivity index (χ1n) is 7.69. The number of halogens is 1. The third kappa shape index (κ3) is 3.14. The lowest BCUT2D eigenvalue weighted by Gasteiger charge is -2.16. The zero-order chi connectivity index (χ0) is 18.3. The average Bonchev–Trinajstić information content (AvgIpc) is 3.10. The molecule has 11 heteroatoms. The van der Waals surface area contributed by atoms with Gasteiger partial charge in [-0.05, 0) is 0 Å². The fourth-order valence-electron chi connectivity index (χ4n) is 2.52. The number of aliphatic hydroxyl groups is 2. The number of hydrogen-bond donors (Lipinski definition) is 4. The maximum Gasteiger partial charge on any atom is 0.280 e. The Kier molecular flexibility index (Phi) is 4.80. The summed E-state index contributed by atoms with van der Waals surface area (Å²) in [5, 5.41) is 20.2. The van der Waals surface area contributed by atoms with Crippen molar-refractivity contribution in [1.82, 2.24) is 19.5 Å². The summed E-state index contributed by atoms with van der Waals surface area (Å²) in [6.07, 6.45) is -1.71. The van der Waals surface area contributed by atoms with E-state index in [-0.39, 0.29) is 28.9 Å². The highest BCUT2D eigenvalue weighted by Crippen LogP contribution is 2.43. The number of H-pyrrole nitrogens is 1. The van der Waals surface area contributed by atoms with Gasteiger partial charge in [-0.3, -0.25) is 24.5 Å². The fourth-order valence-corrected chi connectivity index (χ4v) is 3.87. The van der Waals surface area contributed by atoms with Crippen molar-refractivity contribution < 1.29 is 19.4 Å². The highest BCUT2D eigenvalue weighted by molar-refractivity contribution is 8.00. The maximum atomic E-state index is 14.0. The summed E-state index contributed by atoms with van der Waals surface area (Å²) < 4.78 is 15.4. The van der Waals surface area contributed by atoms with Crippen LogP contribution in [0, 0.1) is 5.92 Å². The number of nitrogens with one attached hydrogen (secondary N) is 2. The van der Waals surface area contributed by atoms with Gasteiger partial charge in [-0.25, -0.2) is 9.37 Å². The van der Waals surface area contributed by atoms with Crippen LogP contribution in [-0.4, -0.2) is 59.8 Å². The Balaban J connectivity index is 2.01. The van der Waals surface area contributed by atoms with Crippen LogP contribution >= 0.6 is 11.8 Å². The number of carbonyl (C=O) groups is 1. The number of anilines is 1. The number of fused-ring (bicyclic) bond motifs is 1. The zero-order valence-corrected chi connectivity index (χ0v) is 14.3. The van der Waals surface area contributed by atoms with Crippen LogP contribution in [0.2, 0.25) is 0 Å². The standard InChI is InChI=1S/C14H18FN5O4S/c1-5(2)11(23)18-14-17-10-8(12(24)19-14)16-4-20(10)13-9(22)7(15)6(3-21)25-13/h4-7,9,13,21-22H,3H2,1-2H3,(H2,17,18,19,23,24)/t6-,7+,9?,13-/m1/s1. The molecule has 4 atom stereocenters. The summed E-state index contributed by atoms with van der Waals surface area (Å²) in [5.74, 6) is -0.685. The van der Waals surface area contributed by atoms with Crippen molar-refractivity contribution in [3.8, 4) is 0 Å². The van der Waals surface area contributed by atoms with Crippen LogP contribution in [0.5, 0.6) is 0 Å². The van der Waals surface area contributed by atoms with Crippen molar-refractivity contribution >= 4 is 34.8 Å². The minimum Gasteiger partial charge on any atom is -0.395 e. The second-order valence-electron chi connectivity index (χ2n) is 6.07. The maximum absolute atomic E-state index is 14.0. The first kappa shape index (κ1) is 17.8. The predicted molar refractivity (Wildman–Crippen MR) is 90.0 cm³/mol. The molecule has 3 heterocycles. The third-order valence-corrected chi connectivity index (χ3v) is 5.48. The zero-order valence-electron chi connectivity index (χ0n) is 13.5. The number of nitrogens with zero attached hydrogens (tertiary/aromatic N) is 3. The number of carbonyl (C=O) groups excluding carboxylic acids is 1. The van der Waals surface area contributed by atoms with E-state index in [1.54, 1.807) is 13.8 Å². The number of amides is 1. The van der Waals surface area contributed by atoms with Crippen LogP contribution in [0.15, 0.2) is 11.1 Å². The summed E-state index contributed by atoms with van der Waals surface area (Å²) in [6.45, 7) is 2.96. The molecule has 1 unspecified atom stereocenters. The molecule has 2 aromatic rings. The van der Waals surface area contributed by atoms with E-state index in [4.69, 9.17) is 0 Å². The molecular weight excluding hydrogens is 353 g/mol. The predicted octanol–water partition coefficient (Wildman–Crippen LogP) is 0.0194. The molecule has 2 aromatic heterocycles. The van der Waals surface area contributed by atoms with Crippen LogP contribution < -0.4 is 10.9 Å². The van der Waals surface area contributed by atoms with Crippen LogP contribution in [0.1, 0.15) is 19.2 Å². The molecular formula is C14H18FN5O4S. The van der Waals surface area contributed by atoms with Crippen LogP contribution in [0.3, 0.4) is 0 Å². The summed E-state index contributed by atoms with van der Waals surface area (Å²) >= 11 is 1.04. The van der Waals surface area contributed by atoms with Gasteiger partial charge in [0, 0.05) is 5.92 Å². The largest absolute Gasteiger partial charge is 0.395 e. The van der Waals surface area contributed by atoms with E-state index in [2.05, 4.69) is 20.3 Å². The fraction of sp³-hybridized carbons (Fsp3) is 0.571. The van der Waals surface area contributed by atoms with E-state index in [0.29, 0.717) is 0 Å². The van der Waals surface area contributed by atoms with Crippen molar-refractivity contribution in [1.29, 1.82) is 0 Å². The summed E-state index contributed by atoms with van der Waals surface area (Å²) in [5.41, 5.74) is -0.431. The molecule has 1 aliphatic heterocycles. The Bertz CT molecular complexity index is 853. The average molecular weight is 371 g/mol. The van der Waals surface area contributed by atoms with Gasteiger partial charge in [0.15, 0.2) is 11.2 Å². The van der Waals surface area contributed by atoms with E-state index in [1.807, 2.05) is 0 Å². The molecule has 1 fully saturated rings. The van der Waals surface area contributed by atoms with Crippen LogP contribution in [0.4, 0.5) is 10.3 Å². The molecule has 3 rings (SSSR count). The Hall–Kier alpha value is -1.98. The van der Waals surface area contributed by atoms with Gasteiger partial charge in [0.05, 0.1) is 18.2 Å². The van der Waals surface area contributed by atoms with E-state index in [0.717, 1.165) is 11.8 Å². The second-order valence-corrected chi connectivity index (χ2v) is 7.43. The van der Waals surface area contributed by atoms with Crippen molar-refractivity contribution in [3.05, 3.63) is 16.7 Å². The highest BCUT2D eigenvalue weighted by Gasteiger charge is 2.45. The number of alkyl halides is 1. The van der Waals surface area contributed by atoms with E-state index in [1.165, 1.54) is 10.9 Å². The molecule has 1 saturated heterocycles. The van der Waals surface area contributed by atoms with E-state index >= 15 is 0 Å². The van der Waals surface area contributed by atoms with Gasteiger partial charge in [0.25, 0.3) is 5.56 Å².